The zero-order chi connectivity index (χ0) is 17.8. The van der Waals surface area contributed by atoms with E-state index in [1.165, 1.54) is 5.56 Å². The third-order valence-corrected chi connectivity index (χ3v) is 3.40. The van der Waals surface area contributed by atoms with Gasteiger partial charge in [-0.1, -0.05) is 50.5 Å². The molecule has 1 aromatic rings. The van der Waals surface area contributed by atoms with Crippen LogP contribution in [-0.4, -0.2) is 25.4 Å². The Morgan fingerprint density at radius 1 is 1.22 bits per heavy atom. The first-order chi connectivity index (χ1) is 10.8. The molecule has 1 unspecified atom stereocenters. The van der Waals surface area contributed by atoms with Crippen LogP contribution in [0.5, 0.6) is 0 Å². The van der Waals surface area contributed by atoms with Gasteiger partial charge >= 0.3 is 0 Å². The van der Waals surface area contributed by atoms with Crippen molar-refractivity contribution < 1.29 is 14.4 Å². The second-order valence-electron chi connectivity index (χ2n) is 5.50. The van der Waals surface area contributed by atoms with Crippen LogP contribution < -0.4 is 10.8 Å². The number of carbonyl (C=O) groups is 3. The summed E-state index contributed by atoms with van der Waals surface area (Å²) in [6.07, 6.45) is 2.94. The summed E-state index contributed by atoms with van der Waals surface area (Å²) < 4.78 is 0. The molecule has 1 saturated heterocycles. The van der Waals surface area contributed by atoms with E-state index in [0.29, 0.717) is 19.3 Å². The highest BCUT2D eigenvalue weighted by Crippen LogP contribution is 2.09. The minimum Gasteiger partial charge on any atom is -0.300 e. The SMILES string of the molecule is CC1CCC(=O)NC1=O.CCC(C)=O.[B]c1ccc(CC)cc1. The fourth-order valence-corrected chi connectivity index (χ4v) is 1.56. The first-order valence-corrected chi connectivity index (χ1v) is 7.97. The minimum atomic E-state index is -0.141. The summed E-state index contributed by atoms with van der Waals surface area (Å²) in [5, 5.41) is 2.25. The molecule has 1 heterocycles. The number of carbonyl (C=O) groups excluding carboxylic acids is 3. The molecular weight excluding hydrogens is 289 g/mol. The lowest BCUT2D eigenvalue weighted by molar-refractivity contribution is -0.135. The molecular formula is C18H26BNO3. The number of amides is 2. The first kappa shape index (κ1) is 21.1. The third-order valence-electron chi connectivity index (χ3n) is 3.40. The highest BCUT2D eigenvalue weighted by Gasteiger charge is 2.21. The summed E-state index contributed by atoms with van der Waals surface area (Å²) in [4.78, 5) is 31.0. The molecule has 23 heavy (non-hydrogen) atoms. The van der Waals surface area contributed by atoms with E-state index in [1.54, 1.807) is 6.92 Å². The Balaban J connectivity index is 0.000000332. The summed E-state index contributed by atoms with van der Waals surface area (Å²) in [5.41, 5.74) is 2.18. The summed E-state index contributed by atoms with van der Waals surface area (Å²) in [7, 11) is 5.48. The second kappa shape index (κ2) is 11.6. The zero-order valence-corrected chi connectivity index (χ0v) is 14.5. The predicted molar refractivity (Wildman–Crippen MR) is 93.7 cm³/mol. The summed E-state index contributed by atoms with van der Waals surface area (Å²) in [5.74, 6) is -0.00273. The molecule has 1 atom stereocenters. The number of imide groups is 1. The fourth-order valence-electron chi connectivity index (χ4n) is 1.56. The maximum atomic E-state index is 10.7. The lowest BCUT2D eigenvalue weighted by Crippen LogP contribution is -2.39. The molecule has 0 aromatic heterocycles. The van der Waals surface area contributed by atoms with Crippen molar-refractivity contribution in [1.29, 1.82) is 0 Å². The molecule has 2 radical (unpaired) electrons. The Hall–Kier alpha value is -1.91. The van der Waals surface area contributed by atoms with Crippen molar-refractivity contribution in [1.82, 2.24) is 5.32 Å². The number of benzene rings is 1. The molecule has 4 nitrogen and oxygen atoms in total. The van der Waals surface area contributed by atoms with E-state index >= 15 is 0 Å². The highest BCUT2D eigenvalue weighted by molar-refractivity contribution is 6.32. The van der Waals surface area contributed by atoms with Crippen LogP contribution in [0, 0.1) is 5.92 Å². The van der Waals surface area contributed by atoms with Gasteiger partial charge in [0.15, 0.2) is 0 Å². The Morgan fingerprint density at radius 3 is 2.09 bits per heavy atom. The topological polar surface area (TPSA) is 63.2 Å². The van der Waals surface area contributed by atoms with Crippen molar-refractivity contribution in [3.05, 3.63) is 29.8 Å². The summed E-state index contributed by atoms with van der Waals surface area (Å²) in [6, 6.07) is 7.96. The summed E-state index contributed by atoms with van der Waals surface area (Å²) >= 11 is 0. The number of aryl methyl sites for hydroxylation is 1. The van der Waals surface area contributed by atoms with Gasteiger partial charge in [0.1, 0.15) is 13.6 Å². The highest BCUT2D eigenvalue weighted by atomic mass is 16.2. The average Bonchev–Trinajstić information content (AvgIpc) is 2.53. The maximum Gasteiger partial charge on any atom is 0.229 e. The van der Waals surface area contributed by atoms with Gasteiger partial charge in [0.05, 0.1) is 0 Å². The van der Waals surface area contributed by atoms with Gasteiger partial charge in [-0.25, -0.2) is 0 Å². The van der Waals surface area contributed by atoms with Gasteiger partial charge in [-0.05, 0) is 25.3 Å². The van der Waals surface area contributed by atoms with E-state index in [-0.39, 0.29) is 23.5 Å². The largest absolute Gasteiger partial charge is 0.300 e. The quantitative estimate of drug-likeness (QED) is 0.671. The molecule has 124 valence electrons. The number of piperidine rings is 1. The summed E-state index contributed by atoms with van der Waals surface area (Å²) in [6.45, 7) is 7.38. The molecule has 1 fully saturated rings. The van der Waals surface area contributed by atoms with Crippen LogP contribution in [0.2, 0.25) is 0 Å². The van der Waals surface area contributed by atoms with Gasteiger partial charge in [-0.3, -0.25) is 14.9 Å². The molecule has 2 amide bonds. The van der Waals surface area contributed by atoms with Crippen molar-refractivity contribution in [3.63, 3.8) is 0 Å². The van der Waals surface area contributed by atoms with E-state index in [1.807, 2.05) is 26.0 Å². The smallest absolute Gasteiger partial charge is 0.229 e. The molecule has 0 bridgehead atoms. The van der Waals surface area contributed by atoms with Gasteiger partial charge in [-0.2, -0.15) is 0 Å². The number of hydrogen-bond donors (Lipinski definition) is 1. The normalized spacial score (nSPS) is 16.3. The van der Waals surface area contributed by atoms with Gasteiger partial charge in [0.25, 0.3) is 0 Å². The Labute approximate surface area is 140 Å². The molecule has 1 aliphatic heterocycles. The van der Waals surface area contributed by atoms with Crippen molar-refractivity contribution in [2.24, 2.45) is 5.92 Å². The van der Waals surface area contributed by atoms with Crippen LogP contribution >= 0.6 is 0 Å². The molecule has 1 N–H and O–H groups in total. The van der Waals surface area contributed by atoms with Gasteiger partial charge in [0.2, 0.25) is 11.8 Å². The van der Waals surface area contributed by atoms with E-state index in [2.05, 4.69) is 24.4 Å². The third kappa shape index (κ3) is 10.4. The number of hydrogen-bond acceptors (Lipinski definition) is 3. The van der Waals surface area contributed by atoms with E-state index < -0.39 is 0 Å². The molecule has 2 rings (SSSR count). The molecule has 0 saturated carbocycles. The van der Waals surface area contributed by atoms with Crippen molar-refractivity contribution >= 4 is 30.9 Å². The van der Waals surface area contributed by atoms with Gasteiger partial charge in [0, 0.05) is 18.8 Å². The van der Waals surface area contributed by atoms with Crippen molar-refractivity contribution in [2.75, 3.05) is 0 Å². The predicted octanol–water partition coefficient (Wildman–Crippen LogP) is 2.09. The minimum absolute atomic E-state index is 0.0164. The van der Waals surface area contributed by atoms with Crippen LogP contribution in [0.15, 0.2) is 24.3 Å². The van der Waals surface area contributed by atoms with Crippen molar-refractivity contribution in [2.45, 2.75) is 53.4 Å². The molecule has 1 aromatic carbocycles. The lowest BCUT2D eigenvalue weighted by atomic mass is 9.95. The number of Topliss-reactive ketones (excluding diaryl/α,β-unsaturated/α-hetero) is 1. The van der Waals surface area contributed by atoms with Crippen LogP contribution in [0.1, 0.15) is 52.5 Å². The van der Waals surface area contributed by atoms with Crippen LogP contribution in [0.3, 0.4) is 0 Å². The second-order valence-corrected chi connectivity index (χ2v) is 5.50. The average molecular weight is 315 g/mol. The van der Waals surface area contributed by atoms with E-state index in [0.717, 1.165) is 11.9 Å². The number of ketones is 1. The lowest BCUT2D eigenvalue weighted by Gasteiger charge is -2.15. The Bertz CT molecular complexity index is 512. The standard InChI is InChI=1S/C8H9B.C6H9NO2.C4H8O/c1-2-7-3-5-8(9)6-4-7;1-4-2-3-5(8)7-6(4)9;1-3-4(2)5/h3-6H,2H2,1H3;4H,2-3H2,1H3,(H,7,8,9);3H2,1-2H3. The van der Waals surface area contributed by atoms with Crippen LogP contribution in [-0.2, 0) is 20.8 Å². The molecule has 0 spiro atoms. The van der Waals surface area contributed by atoms with Crippen LogP contribution in [0.25, 0.3) is 0 Å². The molecule has 0 aliphatic carbocycles. The Kier molecular flexibility index (Phi) is 10.7. The molecule has 1 aliphatic rings. The number of nitrogens with one attached hydrogen (secondary N) is 1. The van der Waals surface area contributed by atoms with Gasteiger partial charge < -0.3 is 4.79 Å². The van der Waals surface area contributed by atoms with Crippen molar-refractivity contribution in [3.8, 4) is 0 Å². The zero-order valence-electron chi connectivity index (χ0n) is 14.5. The van der Waals surface area contributed by atoms with Gasteiger partial charge in [-0.15, -0.1) is 0 Å². The van der Waals surface area contributed by atoms with E-state index in [9.17, 15) is 14.4 Å². The van der Waals surface area contributed by atoms with Crippen LogP contribution in [0.4, 0.5) is 0 Å². The first-order valence-electron chi connectivity index (χ1n) is 7.97. The fraction of sp³-hybridized carbons (Fsp3) is 0.500. The van der Waals surface area contributed by atoms with E-state index in [4.69, 9.17) is 7.85 Å². The molecule has 5 heteroatoms. The maximum absolute atomic E-state index is 10.7. The Morgan fingerprint density at radius 2 is 1.74 bits per heavy atom. The monoisotopic (exact) mass is 315 g/mol. The number of rotatable bonds is 2.